The minimum atomic E-state index is -1.45. The number of carbonyl (C=O) groups excluding carboxylic acids is 1. The summed E-state index contributed by atoms with van der Waals surface area (Å²) in [5.74, 6) is 0.0538. The van der Waals surface area contributed by atoms with Crippen LogP contribution in [0.4, 0.5) is 10.5 Å². The highest BCUT2D eigenvalue weighted by Gasteiger charge is 2.05. The number of ether oxygens (including phenoxy) is 1. The van der Waals surface area contributed by atoms with Crippen LogP contribution >= 0.6 is 0 Å². The molecule has 0 aromatic heterocycles. The van der Waals surface area contributed by atoms with E-state index in [0.717, 1.165) is 18.5 Å². The van der Waals surface area contributed by atoms with Crippen LogP contribution in [0.3, 0.4) is 0 Å². The van der Waals surface area contributed by atoms with E-state index in [0.29, 0.717) is 0 Å². The van der Waals surface area contributed by atoms with Gasteiger partial charge in [-0.15, -0.1) is 0 Å². The van der Waals surface area contributed by atoms with Crippen molar-refractivity contribution < 1.29 is 24.4 Å². The number of nitrogens with zero attached hydrogens (tertiary/aromatic N) is 2. The first kappa shape index (κ1) is 15.4. The van der Waals surface area contributed by atoms with Crippen LogP contribution in [-0.2, 0) is 4.79 Å². The fraction of sp³-hybridized carbons (Fsp3) is 0.200. The summed E-state index contributed by atoms with van der Waals surface area (Å²) in [7, 11) is 3.38. The van der Waals surface area contributed by atoms with E-state index in [9.17, 15) is 19.7 Å². The van der Waals surface area contributed by atoms with Crippen LogP contribution in [0.25, 0.3) is 0 Å². The summed E-state index contributed by atoms with van der Waals surface area (Å²) < 4.78 is 4.24. The molecule has 0 unspecified atom stereocenters. The van der Waals surface area contributed by atoms with Gasteiger partial charge in [-0.1, -0.05) is 0 Å². The number of rotatable bonds is 3. The van der Waals surface area contributed by atoms with Crippen molar-refractivity contribution in [2.75, 3.05) is 14.1 Å². The minimum Gasteiger partial charge on any atom is -0.449 e. The number of nitro groups is 1. The third kappa shape index (κ3) is 6.77. The maximum absolute atomic E-state index is 10.2. The van der Waals surface area contributed by atoms with E-state index in [1.165, 1.54) is 17.0 Å². The van der Waals surface area contributed by atoms with Gasteiger partial charge in [0, 0.05) is 26.2 Å². The Bertz CT molecular complexity index is 415. The Labute approximate surface area is 103 Å². The summed E-state index contributed by atoms with van der Waals surface area (Å²) in [6.07, 6.45) is -0.700. The van der Waals surface area contributed by atoms with Crippen LogP contribution in [0, 0.1) is 10.1 Å². The second-order valence-corrected chi connectivity index (χ2v) is 3.19. The predicted molar refractivity (Wildman–Crippen MR) is 61.5 cm³/mol. The van der Waals surface area contributed by atoms with Crippen LogP contribution in [0.1, 0.15) is 0 Å². The van der Waals surface area contributed by atoms with Crippen molar-refractivity contribution in [1.29, 1.82) is 0 Å². The molecule has 0 saturated heterocycles. The van der Waals surface area contributed by atoms with Crippen LogP contribution in [-0.4, -0.2) is 41.6 Å². The molecule has 0 radical (unpaired) electrons. The Morgan fingerprint density at radius 3 is 2.11 bits per heavy atom. The van der Waals surface area contributed by atoms with Crippen molar-refractivity contribution in [1.82, 2.24) is 4.90 Å². The number of benzene rings is 1. The van der Waals surface area contributed by atoms with Crippen LogP contribution in [0.2, 0.25) is 0 Å². The molecule has 8 nitrogen and oxygen atoms in total. The van der Waals surface area contributed by atoms with Gasteiger partial charge in [0.05, 0.1) is 4.92 Å². The first-order valence-electron chi connectivity index (χ1n) is 4.63. The van der Waals surface area contributed by atoms with Gasteiger partial charge in [0.2, 0.25) is 6.41 Å². The number of carboxylic acid groups (broad SMARTS) is 1. The average molecular weight is 256 g/mol. The SMILES string of the molecule is CN(C)C=O.O=C(O)Oc1ccc([N+](=O)[O-])cc1. The monoisotopic (exact) mass is 256 g/mol. The summed E-state index contributed by atoms with van der Waals surface area (Å²) in [5.41, 5.74) is -0.113. The summed E-state index contributed by atoms with van der Waals surface area (Å²) >= 11 is 0. The lowest BCUT2D eigenvalue weighted by atomic mass is 10.3. The van der Waals surface area contributed by atoms with Gasteiger partial charge in [0.1, 0.15) is 5.75 Å². The molecule has 1 amide bonds. The Kier molecular flexibility index (Phi) is 6.49. The molecular formula is C10H12N2O6. The van der Waals surface area contributed by atoms with E-state index in [2.05, 4.69) is 4.74 Å². The molecule has 1 aromatic rings. The van der Waals surface area contributed by atoms with E-state index in [-0.39, 0.29) is 11.4 Å². The number of amides is 1. The molecule has 1 rings (SSSR count). The van der Waals surface area contributed by atoms with Gasteiger partial charge in [-0.2, -0.15) is 0 Å². The summed E-state index contributed by atoms with van der Waals surface area (Å²) in [5, 5.41) is 18.4. The van der Waals surface area contributed by atoms with Gasteiger partial charge in [-0.25, -0.2) is 4.79 Å². The topological polar surface area (TPSA) is 110 Å². The Morgan fingerprint density at radius 2 is 1.83 bits per heavy atom. The van der Waals surface area contributed by atoms with Crippen molar-refractivity contribution in [3.05, 3.63) is 34.4 Å². The molecule has 0 heterocycles. The molecule has 0 atom stereocenters. The zero-order valence-electron chi connectivity index (χ0n) is 9.77. The molecule has 0 fully saturated rings. The standard InChI is InChI=1S/C7H5NO5.C3H7NO/c9-7(10)13-6-3-1-5(2-4-6)8(11)12;1-4(2)3-5/h1-4H,(H,9,10);3H,1-2H3. The molecule has 0 aliphatic carbocycles. The average Bonchev–Trinajstić information content (AvgIpc) is 2.29. The predicted octanol–water partition coefficient (Wildman–Crippen LogP) is 1.36. The summed E-state index contributed by atoms with van der Waals surface area (Å²) in [4.78, 5) is 30.5. The van der Waals surface area contributed by atoms with Gasteiger partial charge in [0.15, 0.2) is 0 Å². The highest BCUT2D eigenvalue weighted by atomic mass is 16.7. The van der Waals surface area contributed by atoms with Gasteiger partial charge < -0.3 is 14.7 Å². The van der Waals surface area contributed by atoms with Gasteiger partial charge in [0.25, 0.3) is 5.69 Å². The zero-order valence-corrected chi connectivity index (χ0v) is 9.77. The van der Waals surface area contributed by atoms with E-state index >= 15 is 0 Å². The van der Waals surface area contributed by atoms with E-state index in [4.69, 9.17) is 5.11 Å². The number of nitro benzene ring substituents is 1. The quantitative estimate of drug-likeness (QED) is 0.287. The molecule has 98 valence electrons. The molecule has 0 aliphatic rings. The maximum atomic E-state index is 10.2. The molecular weight excluding hydrogens is 244 g/mol. The van der Waals surface area contributed by atoms with Crippen molar-refractivity contribution in [3.8, 4) is 5.75 Å². The largest absolute Gasteiger partial charge is 0.511 e. The number of hydrogen-bond acceptors (Lipinski definition) is 5. The van der Waals surface area contributed by atoms with Crippen molar-refractivity contribution >= 4 is 18.3 Å². The Hall–Kier alpha value is -2.64. The molecule has 1 N–H and O–H groups in total. The Balaban J connectivity index is 0.000000494. The minimum absolute atomic E-state index is 0.0538. The molecule has 0 aliphatic heterocycles. The van der Waals surface area contributed by atoms with E-state index < -0.39 is 11.1 Å². The van der Waals surface area contributed by atoms with E-state index in [1.54, 1.807) is 14.1 Å². The van der Waals surface area contributed by atoms with Crippen molar-refractivity contribution in [2.24, 2.45) is 0 Å². The number of non-ortho nitro benzene ring substituents is 1. The normalized spacial score (nSPS) is 8.56. The fourth-order valence-corrected chi connectivity index (χ4v) is 0.737. The maximum Gasteiger partial charge on any atom is 0.511 e. The highest BCUT2D eigenvalue weighted by Crippen LogP contribution is 2.17. The third-order valence-electron chi connectivity index (χ3n) is 1.46. The smallest absolute Gasteiger partial charge is 0.449 e. The van der Waals surface area contributed by atoms with Gasteiger partial charge in [-0.05, 0) is 12.1 Å². The van der Waals surface area contributed by atoms with Crippen LogP contribution < -0.4 is 4.74 Å². The third-order valence-corrected chi connectivity index (χ3v) is 1.46. The molecule has 0 saturated carbocycles. The van der Waals surface area contributed by atoms with Crippen LogP contribution in [0.15, 0.2) is 24.3 Å². The molecule has 1 aromatic carbocycles. The second-order valence-electron chi connectivity index (χ2n) is 3.19. The Morgan fingerprint density at radius 1 is 1.39 bits per heavy atom. The number of carbonyl (C=O) groups is 2. The molecule has 0 bridgehead atoms. The summed E-state index contributed by atoms with van der Waals surface area (Å²) in [6, 6.07) is 4.76. The van der Waals surface area contributed by atoms with Gasteiger partial charge >= 0.3 is 6.16 Å². The first-order chi connectivity index (χ1) is 8.36. The first-order valence-corrected chi connectivity index (χ1v) is 4.63. The molecule has 18 heavy (non-hydrogen) atoms. The summed E-state index contributed by atoms with van der Waals surface area (Å²) in [6.45, 7) is 0. The zero-order chi connectivity index (χ0) is 14.1. The highest BCUT2D eigenvalue weighted by molar-refractivity contribution is 5.61. The lowest BCUT2D eigenvalue weighted by molar-refractivity contribution is -0.384. The molecule has 0 spiro atoms. The van der Waals surface area contributed by atoms with Gasteiger partial charge in [-0.3, -0.25) is 14.9 Å². The lowest BCUT2D eigenvalue weighted by Gasteiger charge is -1.97. The molecule has 8 heteroatoms. The second kappa shape index (κ2) is 7.60. The number of hydrogen-bond donors (Lipinski definition) is 1. The van der Waals surface area contributed by atoms with Crippen molar-refractivity contribution in [3.63, 3.8) is 0 Å². The van der Waals surface area contributed by atoms with E-state index in [1.807, 2.05) is 0 Å². The van der Waals surface area contributed by atoms with Crippen molar-refractivity contribution in [2.45, 2.75) is 0 Å². The lowest BCUT2D eigenvalue weighted by Crippen LogP contribution is -2.06. The fourth-order valence-electron chi connectivity index (χ4n) is 0.737. The van der Waals surface area contributed by atoms with Crippen LogP contribution in [0.5, 0.6) is 5.75 Å².